The van der Waals surface area contributed by atoms with Gasteiger partial charge in [0.1, 0.15) is 0 Å². The van der Waals surface area contributed by atoms with Crippen molar-refractivity contribution in [3.63, 3.8) is 0 Å². The van der Waals surface area contributed by atoms with E-state index in [-0.39, 0.29) is 52.3 Å². The average Bonchev–Trinajstić information content (AvgIpc) is 3.56. The third kappa shape index (κ3) is 5.36. The van der Waals surface area contributed by atoms with Gasteiger partial charge in [-0.05, 0) is 128 Å². The van der Waals surface area contributed by atoms with Crippen LogP contribution in [0.2, 0.25) is 0 Å². The predicted octanol–water partition coefficient (Wildman–Crippen LogP) is 5.25. The Labute approximate surface area is 262 Å². The maximum atomic E-state index is 12.8. The van der Waals surface area contributed by atoms with Gasteiger partial charge in [-0.3, -0.25) is 4.79 Å². The molecule has 244 valence electrons. The van der Waals surface area contributed by atoms with Crippen LogP contribution in [-0.4, -0.2) is 56.0 Å². The van der Waals surface area contributed by atoms with Crippen molar-refractivity contribution >= 4 is 27.7 Å². The molecule has 44 heavy (non-hydrogen) atoms. The van der Waals surface area contributed by atoms with Gasteiger partial charge in [0.15, 0.2) is 0 Å². The first kappa shape index (κ1) is 31.8. The van der Waals surface area contributed by atoms with E-state index in [4.69, 9.17) is 4.74 Å². The van der Waals surface area contributed by atoms with Gasteiger partial charge >= 0.3 is 6.09 Å². The Balaban J connectivity index is 1.06. The molecule has 3 N–H and O–H groups in total. The number of carbonyl (C=O) groups is 2. The summed E-state index contributed by atoms with van der Waals surface area (Å²) in [7, 11) is -4.11. The van der Waals surface area contributed by atoms with Gasteiger partial charge in [0.25, 0.3) is 10.0 Å². The number of benzene rings is 1. The molecule has 0 aromatic heterocycles. The molecule has 4 aliphatic carbocycles. The lowest BCUT2D eigenvalue weighted by Crippen LogP contribution is -2.62. The lowest BCUT2D eigenvalue weighted by Gasteiger charge is -2.64. The summed E-state index contributed by atoms with van der Waals surface area (Å²) in [4.78, 5) is 26.1. The van der Waals surface area contributed by atoms with Crippen molar-refractivity contribution in [2.45, 2.75) is 109 Å². The normalized spacial score (nSPS) is 40.2. The second kappa shape index (κ2) is 11.9. The van der Waals surface area contributed by atoms with Gasteiger partial charge in [0, 0.05) is 18.7 Å². The lowest BCUT2D eigenvalue weighted by atomic mass is 9.41. The number of nitrogens with zero attached hydrogens (tertiary/aromatic N) is 1. The number of anilines is 1. The highest BCUT2D eigenvalue weighted by molar-refractivity contribution is 7.90. The van der Waals surface area contributed by atoms with Crippen LogP contribution in [0, 0.1) is 46.3 Å². The van der Waals surface area contributed by atoms with Crippen LogP contribution in [0.25, 0.3) is 0 Å². The van der Waals surface area contributed by atoms with E-state index in [0.717, 1.165) is 57.8 Å². The number of aliphatic hydroxyl groups excluding tert-OH is 2. The van der Waals surface area contributed by atoms with E-state index < -0.39 is 16.1 Å². The van der Waals surface area contributed by atoms with Gasteiger partial charge in [0.05, 0.1) is 23.7 Å². The van der Waals surface area contributed by atoms with E-state index >= 15 is 0 Å². The van der Waals surface area contributed by atoms with Crippen LogP contribution in [0.1, 0.15) is 91.4 Å². The Hall–Kier alpha value is -2.17. The first-order valence-corrected chi connectivity index (χ1v) is 18.3. The molecule has 5 fully saturated rings. The highest BCUT2D eigenvalue weighted by Gasteiger charge is 2.64. The predicted molar refractivity (Wildman–Crippen MR) is 166 cm³/mol. The van der Waals surface area contributed by atoms with Crippen LogP contribution in [0.3, 0.4) is 0 Å². The molecule has 0 unspecified atom stereocenters. The molecule has 5 aliphatic rings. The van der Waals surface area contributed by atoms with Gasteiger partial charge in [-0.25, -0.2) is 17.9 Å². The molecule has 9 nitrogen and oxygen atoms in total. The fourth-order valence-electron chi connectivity index (χ4n) is 10.8. The summed E-state index contributed by atoms with van der Waals surface area (Å²) in [5.41, 5.74) is 0.841. The van der Waals surface area contributed by atoms with Crippen LogP contribution >= 0.6 is 0 Å². The van der Waals surface area contributed by atoms with E-state index in [2.05, 4.69) is 20.8 Å². The number of sulfonamides is 1. The molecule has 10 atom stereocenters. The number of hydrogen-bond acceptors (Lipinski definition) is 7. The van der Waals surface area contributed by atoms with Crippen LogP contribution in [0.5, 0.6) is 0 Å². The summed E-state index contributed by atoms with van der Waals surface area (Å²) in [5, 5.41) is 22.4. The molecule has 6 rings (SSSR count). The number of carbonyl (C=O) groups excluding carboxylic acids is 2. The second-order valence-electron chi connectivity index (χ2n) is 14.9. The largest absolute Gasteiger partial charge is 0.449 e. The number of nitrogens with one attached hydrogen (secondary N) is 1. The zero-order chi connectivity index (χ0) is 31.4. The van der Waals surface area contributed by atoms with Crippen LogP contribution in [0.15, 0.2) is 29.2 Å². The summed E-state index contributed by atoms with van der Waals surface area (Å²) in [6.45, 7) is 7.73. The summed E-state index contributed by atoms with van der Waals surface area (Å²) in [5.74, 6) is 2.06. The van der Waals surface area contributed by atoms with E-state index in [1.165, 1.54) is 12.1 Å². The fourth-order valence-corrected chi connectivity index (χ4v) is 11.6. The van der Waals surface area contributed by atoms with Gasteiger partial charge in [-0.1, -0.05) is 27.2 Å². The Morgan fingerprint density at radius 2 is 1.73 bits per heavy atom. The number of aliphatic hydroxyl groups is 2. The zero-order valence-corrected chi connectivity index (χ0v) is 27.2. The molecule has 4 saturated carbocycles. The molecule has 10 heteroatoms. The van der Waals surface area contributed by atoms with Gasteiger partial charge in [-0.15, -0.1) is 0 Å². The third-order valence-corrected chi connectivity index (χ3v) is 14.4. The molecule has 1 heterocycles. The number of amides is 2. The highest BCUT2D eigenvalue weighted by atomic mass is 32.2. The molecule has 0 bridgehead atoms. The monoisotopic (exact) mass is 630 g/mol. The molecular weight excluding hydrogens is 580 g/mol. The second-order valence-corrected chi connectivity index (χ2v) is 16.6. The molecule has 1 aliphatic heterocycles. The van der Waals surface area contributed by atoms with Crippen LogP contribution in [-0.2, 0) is 19.6 Å². The quantitative estimate of drug-likeness (QED) is 0.375. The lowest BCUT2D eigenvalue weighted by molar-refractivity contribution is -0.202. The van der Waals surface area contributed by atoms with Gasteiger partial charge in [-0.2, -0.15) is 0 Å². The molecule has 0 spiro atoms. The molecule has 1 aromatic carbocycles. The SMILES string of the molecule is CC[C@H]1[C@@H](O)[C@@H]2[C@H](CC[C@]3(C)[C@@H](CCOC(=O)NS(=O)(=O)c4ccc(N5CCCC5=O)cc4)CC[C@@H]23)[C@@]2(C)CC[C@@H](O)C[C@@H]12. The van der Waals surface area contributed by atoms with Crippen molar-refractivity contribution in [2.24, 2.45) is 46.3 Å². The highest BCUT2D eigenvalue weighted by Crippen LogP contribution is 2.69. The summed E-state index contributed by atoms with van der Waals surface area (Å²) in [6, 6.07) is 5.96. The third-order valence-electron chi connectivity index (χ3n) is 13.0. The number of hydrogen-bond donors (Lipinski definition) is 3. The number of rotatable bonds is 7. The van der Waals surface area contributed by atoms with E-state index in [1.807, 2.05) is 4.72 Å². The van der Waals surface area contributed by atoms with E-state index in [9.17, 15) is 28.2 Å². The number of ether oxygens (including phenoxy) is 1. The summed E-state index contributed by atoms with van der Waals surface area (Å²) in [6.07, 6.45) is 8.19. The maximum Gasteiger partial charge on any atom is 0.421 e. The Morgan fingerprint density at radius 1 is 1.02 bits per heavy atom. The Morgan fingerprint density at radius 3 is 2.41 bits per heavy atom. The van der Waals surface area contributed by atoms with Gasteiger partial charge < -0.3 is 19.8 Å². The molecule has 0 radical (unpaired) electrons. The minimum absolute atomic E-state index is 0.0192. The first-order valence-electron chi connectivity index (χ1n) is 16.8. The topological polar surface area (TPSA) is 133 Å². The summed E-state index contributed by atoms with van der Waals surface area (Å²) >= 11 is 0. The molecule has 2 amide bonds. The fraction of sp³-hybridized carbons (Fsp3) is 0.765. The summed E-state index contributed by atoms with van der Waals surface area (Å²) < 4.78 is 33.1. The minimum Gasteiger partial charge on any atom is -0.449 e. The van der Waals surface area contributed by atoms with Gasteiger partial charge in [0.2, 0.25) is 5.91 Å². The van der Waals surface area contributed by atoms with Crippen molar-refractivity contribution in [3.8, 4) is 0 Å². The molecular formula is C34H50N2O7S. The first-order chi connectivity index (χ1) is 20.9. The van der Waals surface area contributed by atoms with Crippen molar-refractivity contribution in [1.82, 2.24) is 4.72 Å². The Bertz CT molecular complexity index is 1350. The standard InChI is InChI=1S/C34H50N2O7S/c1-4-25-28-20-23(37)13-16-34(28,3)27-14-17-33(2)21(7-12-26(33)30(27)31(25)39)15-19-43-32(40)35-44(41,42)24-10-8-22(9-11-24)36-18-5-6-29(36)38/h8-11,21,23,25-28,30-31,37,39H,4-7,12-20H2,1-3H3,(H,35,40)/t21-,23-,25-,26+,27+,28+,30+,31-,33-,34-/m1/s1. The number of fused-ring (bicyclic) bond motifs is 5. The zero-order valence-electron chi connectivity index (χ0n) is 26.4. The van der Waals surface area contributed by atoms with E-state index in [1.54, 1.807) is 17.0 Å². The van der Waals surface area contributed by atoms with Crippen molar-refractivity contribution in [3.05, 3.63) is 24.3 Å². The van der Waals surface area contributed by atoms with Crippen LogP contribution in [0.4, 0.5) is 10.5 Å². The smallest absolute Gasteiger partial charge is 0.421 e. The van der Waals surface area contributed by atoms with Crippen molar-refractivity contribution in [1.29, 1.82) is 0 Å². The van der Waals surface area contributed by atoms with Crippen LogP contribution < -0.4 is 9.62 Å². The maximum absolute atomic E-state index is 12.8. The Kier molecular flexibility index (Phi) is 8.59. The minimum atomic E-state index is -4.11. The molecule has 1 saturated heterocycles. The average molecular weight is 631 g/mol. The molecule has 1 aromatic rings. The van der Waals surface area contributed by atoms with Crippen molar-refractivity contribution < 1.29 is 33.0 Å². The van der Waals surface area contributed by atoms with Crippen molar-refractivity contribution in [2.75, 3.05) is 18.1 Å². The van der Waals surface area contributed by atoms with E-state index in [0.29, 0.717) is 48.7 Å².